The van der Waals surface area contributed by atoms with Crippen molar-refractivity contribution in [1.29, 1.82) is 0 Å². The molecule has 0 bridgehead atoms. The first-order valence-corrected chi connectivity index (χ1v) is 11.5. The molecular formula is C19H28ClN3O3S. The van der Waals surface area contributed by atoms with Gasteiger partial charge in [-0.25, -0.2) is 12.7 Å². The minimum absolute atomic E-state index is 0.00721. The Morgan fingerprint density at radius 2 is 1.96 bits per heavy atom. The van der Waals surface area contributed by atoms with Gasteiger partial charge in [0.25, 0.3) is 0 Å². The van der Waals surface area contributed by atoms with Crippen LogP contribution in [0.1, 0.15) is 31.2 Å². The molecule has 2 fully saturated rings. The topological polar surface area (TPSA) is 69.7 Å². The number of carbonyl (C=O) groups is 1. The van der Waals surface area contributed by atoms with Gasteiger partial charge < -0.3 is 10.2 Å². The predicted octanol–water partition coefficient (Wildman–Crippen LogP) is 2.09. The van der Waals surface area contributed by atoms with Crippen molar-refractivity contribution in [2.24, 2.45) is 5.92 Å². The van der Waals surface area contributed by atoms with Crippen LogP contribution in [0.25, 0.3) is 0 Å². The largest absolute Gasteiger partial charge is 0.353 e. The second-order valence-corrected chi connectivity index (χ2v) is 10.1. The van der Waals surface area contributed by atoms with E-state index in [1.165, 1.54) is 4.31 Å². The van der Waals surface area contributed by atoms with Crippen LogP contribution in [0.2, 0.25) is 5.02 Å². The van der Waals surface area contributed by atoms with Gasteiger partial charge in [0.15, 0.2) is 0 Å². The molecule has 2 aliphatic heterocycles. The number of rotatable bonds is 5. The highest BCUT2D eigenvalue weighted by atomic mass is 35.5. The fraction of sp³-hybridized carbons (Fsp3) is 0.632. The minimum atomic E-state index is -3.47. The van der Waals surface area contributed by atoms with Crippen molar-refractivity contribution < 1.29 is 13.2 Å². The monoisotopic (exact) mass is 413 g/mol. The molecule has 1 aromatic carbocycles. The fourth-order valence-corrected chi connectivity index (χ4v) is 5.62. The summed E-state index contributed by atoms with van der Waals surface area (Å²) in [4.78, 5) is 14.9. The number of sulfonamides is 1. The van der Waals surface area contributed by atoms with Crippen molar-refractivity contribution in [3.63, 3.8) is 0 Å². The van der Waals surface area contributed by atoms with Crippen LogP contribution in [-0.2, 0) is 20.6 Å². The van der Waals surface area contributed by atoms with E-state index in [2.05, 4.69) is 17.3 Å². The van der Waals surface area contributed by atoms with Crippen molar-refractivity contribution in [3.8, 4) is 0 Å². The first kappa shape index (κ1) is 20.6. The summed E-state index contributed by atoms with van der Waals surface area (Å²) in [5.41, 5.74) is 0.667. The molecule has 8 heteroatoms. The third-order valence-corrected chi connectivity index (χ3v) is 7.50. The molecule has 2 saturated heterocycles. The summed E-state index contributed by atoms with van der Waals surface area (Å²) >= 11 is 5.96. The number of piperidine rings is 2. The Kier molecular flexibility index (Phi) is 6.78. The van der Waals surface area contributed by atoms with E-state index in [1.54, 1.807) is 24.3 Å². The zero-order valence-corrected chi connectivity index (χ0v) is 17.3. The minimum Gasteiger partial charge on any atom is -0.353 e. The Labute approximate surface area is 166 Å². The molecule has 0 unspecified atom stereocenters. The number of hydrogen-bond donors (Lipinski definition) is 1. The highest BCUT2D eigenvalue weighted by molar-refractivity contribution is 7.88. The van der Waals surface area contributed by atoms with E-state index in [9.17, 15) is 13.2 Å². The maximum absolute atomic E-state index is 12.8. The first-order valence-electron chi connectivity index (χ1n) is 9.55. The van der Waals surface area contributed by atoms with Crippen LogP contribution in [-0.4, -0.2) is 62.8 Å². The number of benzene rings is 1. The summed E-state index contributed by atoms with van der Waals surface area (Å²) in [5, 5.41) is 3.66. The van der Waals surface area contributed by atoms with Crippen LogP contribution in [0.4, 0.5) is 0 Å². The van der Waals surface area contributed by atoms with E-state index in [1.807, 2.05) is 0 Å². The quantitative estimate of drug-likeness (QED) is 0.802. The molecule has 1 atom stereocenters. The molecule has 6 nitrogen and oxygen atoms in total. The lowest BCUT2D eigenvalue weighted by Crippen LogP contribution is -2.49. The molecule has 1 N–H and O–H groups in total. The summed E-state index contributed by atoms with van der Waals surface area (Å²) in [6.07, 6.45) is 3.35. The van der Waals surface area contributed by atoms with Gasteiger partial charge in [-0.3, -0.25) is 4.79 Å². The maximum atomic E-state index is 12.8. The van der Waals surface area contributed by atoms with Crippen LogP contribution in [0, 0.1) is 5.92 Å². The Morgan fingerprint density at radius 1 is 1.22 bits per heavy atom. The number of hydrogen-bond acceptors (Lipinski definition) is 4. The molecular weight excluding hydrogens is 386 g/mol. The van der Waals surface area contributed by atoms with Crippen LogP contribution < -0.4 is 5.32 Å². The van der Waals surface area contributed by atoms with E-state index in [4.69, 9.17) is 11.6 Å². The molecule has 0 saturated carbocycles. The normalized spacial score (nSPS) is 23.3. The SMILES string of the molecule is CN1CCC(NC(=O)[C@@H]2CCCN(S(=O)(=O)Cc3cccc(Cl)c3)C2)CC1. The van der Waals surface area contributed by atoms with Gasteiger partial charge in [0.1, 0.15) is 0 Å². The molecule has 2 aliphatic rings. The Hall–Kier alpha value is -1.15. The maximum Gasteiger partial charge on any atom is 0.224 e. The molecule has 1 amide bonds. The number of amides is 1. The van der Waals surface area contributed by atoms with Gasteiger partial charge in [-0.2, -0.15) is 0 Å². The van der Waals surface area contributed by atoms with Crippen molar-refractivity contribution in [2.45, 2.75) is 37.5 Å². The number of carbonyl (C=O) groups excluding carboxylic acids is 1. The third kappa shape index (κ3) is 5.67. The molecule has 27 heavy (non-hydrogen) atoms. The Bertz CT molecular complexity index is 763. The van der Waals surface area contributed by atoms with Crippen molar-refractivity contribution >= 4 is 27.5 Å². The molecule has 0 radical (unpaired) electrons. The summed E-state index contributed by atoms with van der Waals surface area (Å²) in [5.74, 6) is -0.364. The molecule has 0 spiro atoms. The van der Waals surface area contributed by atoms with Crippen LogP contribution in [0.15, 0.2) is 24.3 Å². The van der Waals surface area contributed by atoms with Gasteiger partial charge in [0.2, 0.25) is 15.9 Å². The lowest BCUT2D eigenvalue weighted by molar-refractivity contribution is -0.127. The summed E-state index contributed by atoms with van der Waals surface area (Å²) < 4.78 is 27.1. The molecule has 0 aliphatic carbocycles. The van der Waals surface area contributed by atoms with E-state index in [-0.39, 0.29) is 30.2 Å². The van der Waals surface area contributed by atoms with Crippen molar-refractivity contribution in [1.82, 2.24) is 14.5 Å². The van der Waals surface area contributed by atoms with Gasteiger partial charge in [-0.05, 0) is 63.5 Å². The average Bonchev–Trinajstić information content (AvgIpc) is 2.63. The van der Waals surface area contributed by atoms with Crippen LogP contribution >= 0.6 is 11.6 Å². The van der Waals surface area contributed by atoms with Crippen molar-refractivity contribution in [2.75, 3.05) is 33.2 Å². The number of nitrogens with one attached hydrogen (secondary N) is 1. The van der Waals surface area contributed by atoms with E-state index in [0.29, 0.717) is 23.6 Å². The zero-order valence-electron chi connectivity index (χ0n) is 15.7. The predicted molar refractivity (Wildman–Crippen MR) is 107 cm³/mol. The van der Waals surface area contributed by atoms with E-state index in [0.717, 1.165) is 32.4 Å². The zero-order chi connectivity index (χ0) is 19.4. The summed E-state index contributed by atoms with van der Waals surface area (Å²) in [6, 6.07) is 7.11. The number of halogens is 1. The smallest absolute Gasteiger partial charge is 0.224 e. The van der Waals surface area contributed by atoms with Gasteiger partial charge in [-0.1, -0.05) is 23.7 Å². The summed E-state index contributed by atoms with van der Waals surface area (Å²) in [6.45, 7) is 2.70. The fourth-order valence-electron chi connectivity index (χ4n) is 3.81. The second kappa shape index (κ2) is 8.90. The van der Waals surface area contributed by atoms with Gasteiger partial charge in [0.05, 0.1) is 11.7 Å². The molecule has 0 aromatic heterocycles. The molecule has 1 aromatic rings. The standard InChI is InChI=1S/C19H28ClN3O3S/c1-22-10-7-18(8-11-22)21-19(24)16-5-3-9-23(13-16)27(25,26)14-15-4-2-6-17(20)12-15/h2,4,6,12,16,18H,3,5,7-11,13-14H2,1H3,(H,21,24)/t16-/m1/s1. The number of likely N-dealkylation sites (tertiary alicyclic amines) is 1. The van der Waals surface area contributed by atoms with Gasteiger partial charge in [-0.15, -0.1) is 0 Å². The van der Waals surface area contributed by atoms with Crippen molar-refractivity contribution in [3.05, 3.63) is 34.9 Å². The van der Waals surface area contributed by atoms with Gasteiger partial charge in [0, 0.05) is 24.2 Å². The van der Waals surface area contributed by atoms with E-state index >= 15 is 0 Å². The van der Waals surface area contributed by atoms with Crippen LogP contribution in [0.5, 0.6) is 0 Å². The van der Waals surface area contributed by atoms with Gasteiger partial charge >= 0.3 is 0 Å². The highest BCUT2D eigenvalue weighted by Crippen LogP contribution is 2.23. The third-order valence-electron chi connectivity index (χ3n) is 5.45. The van der Waals surface area contributed by atoms with Crippen LogP contribution in [0.3, 0.4) is 0 Å². The number of nitrogens with zero attached hydrogens (tertiary/aromatic N) is 2. The molecule has 3 rings (SSSR count). The lowest BCUT2D eigenvalue weighted by Gasteiger charge is -2.34. The molecule has 150 valence electrons. The first-order chi connectivity index (χ1) is 12.8. The second-order valence-electron chi connectivity index (χ2n) is 7.67. The Morgan fingerprint density at radius 3 is 2.67 bits per heavy atom. The average molecular weight is 414 g/mol. The Balaban J connectivity index is 1.58. The highest BCUT2D eigenvalue weighted by Gasteiger charge is 2.33. The lowest BCUT2D eigenvalue weighted by atomic mass is 9.97. The molecule has 2 heterocycles. The van der Waals surface area contributed by atoms with E-state index < -0.39 is 10.0 Å². The summed E-state index contributed by atoms with van der Waals surface area (Å²) in [7, 11) is -1.39.